The van der Waals surface area contributed by atoms with Crippen LogP contribution >= 0.6 is 15.9 Å². The van der Waals surface area contributed by atoms with Crippen molar-refractivity contribution in [3.05, 3.63) is 28.2 Å². The molecule has 1 fully saturated rings. The molecule has 1 aliphatic carbocycles. The van der Waals surface area contributed by atoms with E-state index in [0.29, 0.717) is 18.5 Å². The molecule has 1 aromatic rings. The summed E-state index contributed by atoms with van der Waals surface area (Å²) in [4.78, 5) is -0.542. The number of sulfonamides is 1. The van der Waals surface area contributed by atoms with E-state index >= 15 is 0 Å². The van der Waals surface area contributed by atoms with E-state index < -0.39 is 26.6 Å². The second-order valence-corrected chi connectivity index (χ2v) is 6.55. The molecular weight excluding hydrogens is 316 g/mol. The average molecular weight is 326 g/mol. The molecule has 3 nitrogen and oxygen atoms in total. The number of hydrogen-bond acceptors (Lipinski definition) is 2. The minimum atomic E-state index is -3.93. The van der Waals surface area contributed by atoms with Crippen LogP contribution < -0.4 is 4.72 Å². The molecule has 1 saturated carbocycles. The molecule has 0 radical (unpaired) electrons. The normalized spacial score (nSPS) is 16.2. The van der Waals surface area contributed by atoms with E-state index in [4.69, 9.17) is 0 Å². The van der Waals surface area contributed by atoms with Crippen molar-refractivity contribution in [1.29, 1.82) is 0 Å². The number of benzene rings is 1. The van der Waals surface area contributed by atoms with Gasteiger partial charge in [0.2, 0.25) is 10.0 Å². The van der Waals surface area contributed by atoms with Crippen molar-refractivity contribution in [1.82, 2.24) is 4.72 Å². The average Bonchev–Trinajstić information content (AvgIpc) is 2.95. The van der Waals surface area contributed by atoms with Crippen molar-refractivity contribution in [3.63, 3.8) is 0 Å². The topological polar surface area (TPSA) is 46.2 Å². The van der Waals surface area contributed by atoms with Gasteiger partial charge in [-0.15, -0.1) is 0 Å². The van der Waals surface area contributed by atoms with Crippen LogP contribution in [0.2, 0.25) is 0 Å². The highest BCUT2D eigenvalue weighted by molar-refractivity contribution is 9.10. The molecule has 0 amide bonds. The predicted molar refractivity (Wildman–Crippen MR) is 62.0 cm³/mol. The smallest absolute Gasteiger partial charge is 0.211 e. The molecule has 1 aliphatic rings. The van der Waals surface area contributed by atoms with Crippen LogP contribution in [0.25, 0.3) is 0 Å². The molecule has 2 rings (SSSR count). The molecule has 0 aromatic heterocycles. The highest BCUT2D eigenvalue weighted by Gasteiger charge is 2.27. The number of nitrogens with one attached hydrogen (secondary N) is 1. The summed E-state index contributed by atoms with van der Waals surface area (Å²) in [5.74, 6) is -1.58. The first-order chi connectivity index (χ1) is 7.90. The number of halogens is 3. The first-order valence-corrected chi connectivity index (χ1v) is 7.32. The summed E-state index contributed by atoms with van der Waals surface area (Å²) in [6.45, 7) is 0.297. The summed E-state index contributed by atoms with van der Waals surface area (Å²) in [7, 11) is -3.93. The van der Waals surface area contributed by atoms with Gasteiger partial charge in [-0.25, -0.2) is 21.9 Å². The number of rotatable bonds is 4. The molecule has 0 bridgehead atoms. The Morgan fingerprint density at radius 1 is 1.35 bits per heavy atom. The zero-order valence-electron chi connectivity index (χ0n) is 8.71. The second-order valence-electron chi connectivity index (χ2n) is 3.99. The van der Waals surface area contributed by atoms with Crippen LogP contribution in [0.5, 0.6) is 0 Å². The van der Waals surface area contributed by atoms with E-state index in [1.54, 1.807) is 0 Å². The van der Waals surface area contributed by atoms with Crippen LogP contribution in [0.15, 0.2) is 21.5 Å². The van der Waals surface area contributed by atoms with Gasteiger partial charge in [0.25, 0.3) is 0 Å². The Labute approximate surface area is 106 Å². The summed E-state index contributed by atoms with van der Waals surface area (Å²) >= 11 is 2.86. The standard InChI is InChI=1S/C10H10BrF2NO2S/c11-8-3-7(12)4-9(13)10(8)17(15,16)14-5-6-1-2-6/h3-4,6,14H,1-2,5H2. The van der Waals surface area contributed by atoms with Crippen molar-refractivity contribution in [2.75, 3.05) is 6.54 Å². The highest BCUT2D eigenvalue weighted by Crippen LogP contribution is 2.30. The zero-order valence-corrected chi connectivity index (χ0v) is 11.1. The summed E-state index contributed by atoms with van der Waals surface area (Å²) in [5.41, 5.74) is 0. The molecule has 17 heavy (non-hydrogen) atoms. The second kappa shape index (κ2) is 4.62. The van der Waals surface area contributed by atoms with Gasteiger partial charge in [-0.05, 0) is 40.8 Å². The van der Waals surface area contributed by atoms with Gasteiger partial charge < -0.3 is 0 Å². The van der Waals surface area contributed by atoms with Gasteiger partial charge in [0.15, 0.2) is 0 Å². The van der Waals surface area contributed by atoms with Gasteiger partial charge in [0, 0.05) is 17.1 Å². The Hall–Kier alpha value is -0.530. The fourth-order valence-corrected chi connectivity index (χ4v) is 3.69. The fourth-order valence-electron chi connectivity index (χ4n) is 1.41. The maximum Gasteiger partial charge on any atom is 0.244 e. The Morgan fingerprint density at radius 3 is 2.53 bits per heavy atom. The molecule has 7 heteroatoms. The first-order valence-electron chi connectivity index (χ1n) is 5.04. The zero-order chi connectivity index (χ0) is 12.6. The molecule has 1 N–H and O–H groups in total. The van der Waals surface area contributed by atoms with E-state index in [9.17, 15) is 17.2 Å². The van der Waals surface area contributed by atoms with Crippen LogP contribution in [0.4, 0.5) is 8.78 Å². The van der Waals surface area contributed by atoms with Gasteiger partial charge in [-0.3, -0.25) is 0 Å². The lowest BCUT2D eigenvalue weighted by Gasteiger charge is -2.09. The van der Waals surface area contributed by atoms with Crippen molar-refractivity contribution in [2.45, 2.75) is 17.7 Å². The predicted octanol–water partition coefficient (Wildman–Crippen LogP) is 2.42. The third-order valence-electron chi connectivity index (χ3n) is 2.49. The highest BCUT2D eigenvalue weighted by atomic mass is 79.9. The summed E-state index contributed by atoms with van der Waals surface area (Å²) in [6.07, 6.45) is 1.96. The van der Waals surface area contributed by atoms with Crippen LogP contribution in [0.3, 0.4) is 0 Å². The lowest BCUT2D eigenvalue weighted by Crippen LogP contribution is -2.27. The van der Waals surface area contributed by atoms with Gasteiger partial charge in [-0.1, -0.05) is 0 Å². The third kappa shape index (κ3) is 3.02. The third-order valence-corrected chi connectivity index (χ3v) is 4.88. The van der Waals surface area contributed by atoms with Crippen LogP contribution in [-0.2, 0) is 10.0 Å². The van der Waals surface area contributed by atoms with Gasteiger partial charge in [0.05, 0.1) is 0 Å². The quantitative estimate of drug-likeness (QED) is 0.924. The lowest BCUT2D eigenvalue weighted by molar-refractivity contribution is 0.539. The van der Waals surface area contributed by atoms with Gasteiger partial charge >= 0.3 is 0 Å². The van der Waals surface area contributed by atoms with E-state index in [1.807, 2.05) is 0 Å². The Balaban J connectivity index is 2.31. The minimum Gasteiger partial charge on any atom is -0.211 e. The molecule has 0 atom stereocenters. The molecule has 0 aliphatic heterocycles. The van der Waals surface area contributed by atoms with Crippen LogP contribution in [-0.4, -0.2) is 15.0 Å². The molecular formula is C10H10BrF2NO2S. The molecule has 0 heterocycles. The summed E-state index contributed by atoms with van der Waals surface area (Å²) < 4.78 is 52.1. The van der Waals surface area contributed by atoms with Gasteiger partial charge in [-0.2, -0.15) is 0 Å². The van der Waals surface area contributed by atoms with Gasteiger partial charge in [0.1, 0.15) is 16.5 Å². The molecule has 0 unspecified atom stereocenters. The van der Waals surface area contributed by atoms with Crippen LogP contribution in [0, 0.1) is 17.6 Å². The molecule has 0 spiro atoms. The van der Waals surface area contributed by atoms with E-state index in [2.05, 4.69) is 20.7 Å². The summed E-state index contributed by atoms with van der Waals surface area (Å²) in [6, 6.07) is 1.48. The fraction of sp³-hybridized carbons (Fsp3) is 0.400. The number of hydrogen-bond donors (Lipinski definition) is 1. The lowest BCUT2D eigenvalue weighted by atomic mass is 10.3. The molecule has 0 saturated heterocycles. The Kier molecular flexibility index (Phi) is 3.51. The molecule has 94 valence electrons. The van der Waals surface area contributed by atoms with E-state index in [1.165, 1.54) is 0 Å². The first kappa shape index (κ1) is 12.9. The maximum atomic E-state index is 13.5. The van der Waals surface area contributed by atoms with Crippen LogP contribution in [0.1, 0.15) is 12.8 Å². The Bertz CT molecular complexity index is 520. The minimum absolute atomic E-state index is 0.113. The Morgan fingerprint density at radius 2 is 2.00 bits per heavy atom. The SMILES string of the molecule is O=S(=O)(NCC1CC1)c1c(F)cc(F)cc1Br. The monoisotopic (exact) mass is 325 g/mol. The molecule has 1 aromatic carbocycles. The van der Waals surface area contributed by atoms with Crippen molar-refractivity contribution < 1.29 is 17.2 Å². The summed E-state index contributed by atoms with van der Waals surface area (Å²) in [5, 5.41) is 0. The van der Waals surface area contributed by atoms with E-state index in [0.717, 1.165) is 18.9 Å². The van der Waals surface area contributed by atoms with Crippen molar-refractivity contribution >= 4 is 26.0 Å². The van der Waals surface area contributed by atoms with Crippen molar-refractivity contribution in [3.8, 4) is 0 Å². The van der Waals surface area contributed by atoms with Crippen molar-refractivity contribution in [2.24, 2.45) is 5.92 Å². The van der Waals surface area contributed by atoms with E-state index in [-0.39, 0.29) is 4.47 Å². The maximum absolute atomic E-state index is 13.5. The largest absolute Gasteiger partial charge is 0.244 e.